The Labute approximate surface area is 401 Å². The standard InChI is InChI=1S/C53H64F2N8O6/c1-8-9-20-69-51(67)61-44(28(4)5)49(65)63-33-13-10-32(21-33)45(63)47-57-38-17-12-31(23-39(38)58-47)30-11-14-35-36-16-15-34(29(6)42(36)53(54,55)37(35)22-30)40-25-56-46(59-40)41-24-52(18-19-52)26-62(41)48(64)43(27(2)3)60-50(66)68-7/h11-12,14-17,22-23,25,27-29,32-34,41,43-45H,8-10,13,18-21,24,26H2,1-7H3,(H,56,59)(H,57,58)(H,60,66)(H,61,67). The number of fused-ring (bicyclic) bond motifs is 5. The van der Waals surface area contributed by atoms with Crippen molar-refractivity contribution in [3.8, 4) is 11.1 Å². The van der Waals surface area contributed by atoms with E-state index in [2.05, 4.69) is 20.6 Å². The molecule has 4 heterocycles. The number of H-pyrrole nitrogens is 2. The largest absolute Gasteiger partial charge is 0.453 e. The van der Waals surface area contributed by atoms with E-state index in [1.165, 1.54) is 7.11 Å². The third-order valence-corrected chi connectivity index (χ3v) is 16.1. The number of benzene rings is 2. The molecule has 366 valence electrons. The van der Waals surface area contributed by atoms with E-state index in [0.29, 0.717) is 52.7 Å². The van der Waals surface area contributed by atoms with E-state index in [1.807, 2.05) is 87.8 Å². The number of ether oxygens (including phenoxy) is 2. The summed E-state index contributed by atoms with van der Waals surface area (Å²) in [6.45, 7) is 12.3. The van der Waals surface area contributed by atoms with Gasteiger partial charge < -0.3 is 39.9 Å². The number of amides is 4. The number of allylic oxidation sites excluding steroid dienone is 4. The minimum atomic E-state index is -3.24. The van der Waals surface area contributed by atoms with Gasteiger partial charge >= 0.3 is 12.2 Å². The SMILES string of the molecule is CCCCOC(=O)NC(C(=O)N1C2CCC(C2)C1c1nc2ccc(-c3ccc4c(c3)C(F)(F)C3=C4C=CC(c4cnc(C5CC6(CC6)CN5C(=O)C(NC(=O)OC)C(C)C)[nH]4)C3C)cc2[nH]1)C(C)C. The van der Waals surface area contributed by atoms with E-state index >= 15 is 8.78 Å². The number of nitrogens with one attached hydrogen (secondary N) is 4. The summed E-state index contributed by atoms with van der Waals surface area (Å²) in [5, 5.41) is 5.57. The summed E-state index contributed by atoms with van der Waals surface area (Å²) in [7, 11) is 1.27. The Hall–Kier alpha value is -6.06. The topological polar surface area (TPSA) is 175 Å². The molecule has 4 N–H and O–H groups in total. The van der Waals surface area contributed by atoms with Crippen molar-refractivity contribution in [2.75, 3.05) is 20.3 Å². The lowest BCUT2D eigenvalue weighted by atomic mass is 9.78. The van der Waals surface area contributed by atoms with Gasteiger partial charge in [0.25, 0.3) is 5.92 Å². The zero-order valence-electron chi connectivity index (χ0n) is 40.5. The molecule has 4 aliphatic carbocycles. The molecule has 1 spiro atoms. The third kappa shape index (κ3) is 8.18. The van der Waals surface area contributed by atoms with Crippen molar-refractivity contribution in [1.82, 2.24) is 40.4 Å². The molecular weight excluding hydrogens is 883 g/mol. The van der Waals surface area contributed by atoms with E-state index in [9.17, 15) is 19.2 Å². The predicted octanol–water partition coefficient (Wildman–Crippen LogP) is 9.84. The number of rotatable bonds is 13. The van der Waals surface area contributed by atoms with Gasteiger partial charge in [0.1, 0.15) is 23.7 Å². The van der Waals surface area contributed by atoms with E-state index < -0.39 is 42.0 Å². The van der Waals surface area contributed by atoms with Gasteiger partial charge in [-0.05, 0) is 114 Å². The monoisotopic (exact) mass is 946 g/mol. The molecule has 10 rings (SSSR count). The molecular formula is C53H64F2N8O6. The number of imidazole rings is 2. The smallest absolute Gasteiger partial charge is 0.407 e. The average Bonchev–Trinajstić information content (AvgIpc) is 3.98. The van der Waals surface area contributed by atoms with Crippen LogP contribution in [-0.4, -0.2) is 92.1 Å². The zero-order chi connectivity index (χ0) is 48.7. The van der Waals surface area contributed by atoms with Crippen LogP contribution in [0.3, 0.4) is 0 Å². The molecule has 8 unspecified atom stereocenters. The molecule has 0 radical (unpaired) electrons. The lowest BCUT2D eigenvalue weighted by Gasteiger charge is -2.37. The first-order valence-corrected chi connectivity index (χ1v) is 24.9. The molecule has 2 aromatic heterocycles. The number of unbranched alkanes of at least 4 members (excludes halogenated alkanes) is 1. The molecule has 16 heteroatoms. The van der Waals surface area contributed by atoms with Gasteiger partial charge in [0, 0.05) is 41.5 Å². The maximum absolute atomic E-state index is 17.0. The molecule has 69 heavy (non-hydrogen) atoms. The fourth-order valence-corrected chi connectivity index (χ4v) is 12.1. The van der Waals surface area contributed by atoms with Crippen molar-refractivity contribution < 1.29 is 37.4 Å². The molecule has 4 aromatic rings. The molecule has 2 saturated carbocycles. The summed E-state index contributed by atoms with van der Waals surface area (Å²) in [4.78, 5) is 73.8. The predicted molar refractivity (Wildman–Crippen MR) is 256 cm³/mol. The van der Waals surface area contributed by atoms with Gasteiger partial charge in [-0.3, -0.25) is 9.59 Å². The second-order valence-corrected chi connectivity index (χ2v) is 21.2. The number of alkyl halides is 2. The van der Waals surface area contributed by atoms with Crippen LogP contribution < -0.4 is 10.6 Å². The first-order chi connectivity index (χ1) is 33.0. The van der Waals surface area contributed by atoms with Gasteiger partial charge in [-0.25, -0.2) is 19.6 Å². The van der Waals surface area contributed by atoms with Crippen LogP contribution >= 0.6 is 0 Å². The van der Waals surface area contributed by atoms with Crippen molar-refractivity contribution in [2.24, 2.45) is 29.1 Å². The molecule has 6 aliphatic rings. The lowest BCUT2D eigenvalue weighted by molar-refractivity contribution is -0.139. The van der Waals surface area contributed by atoms with Crippen molar-refractivity contribution >= 4 is 40.6 Å². The number of piperidine rings is 1. The quantitative estimate of drug-likeness (QED) is 0.0959. The van der Waals surface area contributed by atoms with Gasteiger partial charge in [0.05, 0.1) is 36.8 Å². The molecule has 2 saturated heterocycles. The number of hydrogen-bond donors (Lipinski definition) is 4. The number of nitrogens with zero attached hydrogens (tertiary/aromatic N) is 4. The minimum absolute atomic E-state index is 0.0173. The second-order valence-electron chi connectivity index (χ2n) is 21.2. The lowest BCUT2D eigenvalue weighted by Crippen LogP contribution is -2.54. The summed E-state index contributed by atoms with van der Waals surface area (Å²) < 4.78 is 44.2. The number of carbonyl (C=O) groups is 4. The number of likely N-dealkylation sites (tertiary alicyclic amines) is 2. The van der Waals surface area contributed by atoms with Crippen LogP contribution in [-0.2, 0) is 25.0 Å². The molecule has 4 fully saturated rings. The summed E-state index contributed by atoms with van der Waals surface area (Å²) in [5.74, 6) is -3.37. The fraction of sp³-hybridized carbons (Fsp3) is 0.547. The molecule has 14 nitrogen and oxygen atoms in total. The number of hydrogen-bond acceptors (Lipinski definition) is 8. The van der Waals surface area contributed by atoms with Crippen LogP contribution in [0.2, 0.25) is 0 Å². The van der Waals surface area contributed by atoms with Crippen LogP contribution in [0.5, 0.6) is 0 Å². The Kier molecular flexibility index (Phi) is 12.0. The first-order valence-electron chi connectivity index (χ1n) is 24.9. The Bertz CT molecular complexity index is 2750. The van der Waals surface area contributed by atoms with Crippen molar-refractivity contribution in [3.63, 3.8) is 0 Å². The highest BCUT2D eigenvalue weighted by atomic mass is 19.3. The maximum Gasteiger partial charge on any atom is 0.407 e. The number of aromatic amines is 2. The first kappa shape index (κ1) is 46.7. The Balaban J connectivity index is 0.865. The van der Waals surface area contributed by atoms with Gasteiger partial charge in [0.2, 0.25) is 11.8 Å². The fourth-order valence-electron chi connectivity index (χ4n) is 12.1. The van der Waals surface area contributed by atoms with Crippen molar-refractivity contribution in [2.45, 2.75) is 135 Å². The molecule has 2 aliphatic heterocycles. The van der Waals surface area contributed by atoms with Crippen LogP contribution in [0.15, 0.2) is 60.3 Å². The van der Waals surface area contributed by atoms with E-state index in [1.54, 1.807) is 18.3 Å². The normalized spacial score (nSPS) is 25.7. The van der Waals surface area contributed by atoms with Gasteiger partial charge in [-0.1, -0.05) is 78.3 Å². The number of methoxy groups -OCH3 is 1. The molecule has 8 atom stereocenters. The number of carbonyl (C=O) groups excluding carboxylic acids is 4. The minimum Gasteiger partial charge on any atom is -0.453 e. The Morgan fingerprint density at radius 2 is 1.65 bits per heavy atom. The summed E-state index contributed by atoms with van der Waals surface area (Å²) in [6, 6.07) is 8.93. The summed E-state index contributed by atoms with van der Waals surface area (Å²) in [6.07, 6.45) is 11.4. The average molecular weight is 947 g/mol. The van der Waals surface area contributed by atoms with Crippen LogP contribution in [0, 0.1) is 29.1 Å². The van der Waals surface area contributed by atoms with Gasteiger partial charge in [0.15, 0.2) is 0 Å². The Morgan fingerprint density at radius 3 is 2.38 bits per heavy atom. The molecule has 2 aromatic carbocycles. The zero-order valence-corrected chi connectivity index (χ0v) is 40.5. The highest BCUT2D eigenvalue weighted by molar-refractivity contribution is 5.90. The summed E-state index contributed by atoms with van der Waals surface area (Å²) >= 11 is 0. The van der Waals surface area contributed by atoms with Crippen LogP contribution in [0.4, 0.5) is 18.4 Å². The summed E-state index contributed by atoms with van der Waals surface area (Å²) in [5.41, 5.74) is 4.67. The highest BCUT2D eigenvalue weighted by Gasteiger charge is 2.56. The third-order valence-electron chi connectivity index (χ3n) is 16.1. The maximum atomic E-state index is 17.0. The number of alkyl carbamates (subject to hydrolysis) is 2. The number of halogens is 2. The number of aromatic nitrogens is 4. The molecule has 2 bridgehead atoms. The van der Waals surface area contributed by atoms with E-state index in [-0.39, 0.29) is 64.2 Å². The van der Waals surface area contributed by atoms with E-state index in [0.717, 1.165) is 62.4 Å². The van der Waals surface area contributed by atoms with Gasteiger partial charge in [-0.2, -0.15) is 8.78 Å². The second kappa shape index (κ2) is 17.7. The van der Waals surface area contributed by atoms with Crippen LogP contribution in [0.1, 0.15) is 139 Å². The van der Waals surface area contributed by atoms with Gasteiger partial charge in [-0.15, -0.1) is 0 Å². The van der Waals surface area contributed by atoms with E-state index in [4.69, 9.17) is 19.4 Å². The van der Waals surface area contributed by atoms with Crippen LogP contribution in [0.25, 0.3) is 27.7 Å². The van der Waals surface area contributed by atoms with Crippen molar-refractivity contribution in [1.29, 1.82) is 0 Å². The molecule has 4 amide bonds. The highest BCUT2D eigenvalue weighted by Crippen LogP contribution is 2.60. The van der Waals surface area contributed by atoms with Crippen molar-refractivity contribution in [3.05, 3.63) is 88.8 Å². The Morgan fingerprint density at radius 1 is 0.928 bits per heavy atom.